The molecule has 0 aliphatic carbocycles. The van der Waals surface area contributed by atoms with Crippen LogP contribution in [0.2, 0.25) is 0 Å². The highest BCUT2D eigenvalue weighted by Crippen LogP contribution is 2.20. The van der Waals surface area contributed by atoms with Gasteiger partial charge in [0.15, 0.2) is 0 Å². The Kier molecular flexibility index (Phi) is 12.2. The Balaban J connectivity index is 0.00000392. The van der Waals surface area contributed by atoms with Crippen molar-refractivity contribution < 1.29 is 13.2 Å². The zero-order valence-electron chi connectivity index (χ0n) is 17.2. The van der Waals surface area contributed by atoms with Gasteiger partial charge >= 0.3 is 0 Å². The summed E-state index contributed by atoms with van der Waals surface area (Å²) in [4.78, 5) is 17.1. The molecule has 1 aliphatic heterocycles. The van der Waals surface area contributed by atoms with Crippen LogP contribution < -0.4 is 5.73 Å². The first-order valence-corrected chi connectivity index (χ1v) is 12.0. The van der Waals surface area contributed by atoms with Gasteiger partial charge in [0.05, 0.1) is 5.75 Å². The first-order valence-electron chi connectivity index (χ1n) is 9.26. The Morgan fingerprint density at radius 2 is 1.93 bits per heavy atom. The lowest BCUT2D eigenvalue weighted by Crippen LogP contribution is -2.57. The molecule has 1 fully saturated rings. The van der Waals surface area contributed by atoms with Crippen molar-refractivity contribution >= 4 is 53.2 Å². The summed E-state index contributed by atoms with van der Waals surface area (Å²) < 4.78 is 23.3. The number of thiol groups is 1. The van der Waals surface area contributed by atoms with E-state index in [2.05, 4.69) is 17.5 Å². The Hall–Kier alpha value is -0.510. The topological polar surface area (TPSA) is 83.7 Å². The van der Waals surface area contributed by atoms with Crippen molar-refractivity contribution in [3.8, 4) is 0 Å². The second-order valence-electron chi connectivity index (χ2n) is 7.51. The van der Waals surface area contributed by atoms with Gasteiger partial charge in [-0.15, -0.1) is 24.8 Å². The minimum atomic E-state index is -3.06. The molecule has 0 saturated carbocycles. The number of carbonyl (C=O) groups is 1. The number of benzene rings is 1. The van der Waals surface area contributed by atoms with E-state index in [9.17, 15) is 13.2 Å². The molecule has 1 aliphatic rings. The Labute approximate surface area is 192 Å². The van der Waals surface area contributed by atoms with Crippen LogP contribution in [0.5, 0.6) is 0 Å². The number of hydrogen-bond acceptors (Lipinski definition) is 6. The van der Waals surface area contributed by atoms with Crippen LogP contribution in [-0.4, -0.2) is 80.1 Å². The molecular formula is C19H33Cl2N3O3S2. The van der Waals surface area contributed by atoms with Crippen molar-refractivity contribution in [1.82, 2.24) is 9.80 Å². The van der Waals surface area contributed by atoms with Gasteiger partial charge in [0.25, 0.3) is 5.91 Å². The number of nitrogens with zero attached hydrogens (tertiary/aromatic N) is 2. The van der Waals surface area contributed by atoms with Crippen molar-refractivity contribution in [3.05, 3.63) is 34.9 Å². The monoisotopic (exact) mass is 485 g/mol. The lowest BCUT2D eigenvalue weighted by molar-refractivity contribution is 0.0464. The van der Waals surface area contributed by atoms with E-state index in [1.165, 1.54) is 6.26 Å². The van der Waals surface area contributed by atoms with Crippen LogP contribution in [-0.2, 0) is 9.84 Å². The van der Waals surface area contributed by atoms with Crippen molar-refractivity contribution in [2.45, 2.75) is 32.4 Å². The maximum absolute atomic E-state index is 13.1. The van der Waals surface area contributed by atoms with Crippen molar-refractivity contribution in [2.75, 3.05) is 43.9 Å². The second-order valence-corrected chi connectivity index (χ2v) is 10.1. The molecule has 0 bridgehead atoms. The molecule has 10 heteroatoms. The van der Waals surface area contributed by atoms with Crippen LogP contribution >= 0.6 is 37.4 Å². The van der Waals surface area contributed by atoms with Crippen molar-refractivity contribution in [1.29, 1.82) is 0 Å². The van der Waals surface area contributed by atoms with Gasteiger partial charge in [-0.25, -0.2) is 8.42 Å². The van der Waals surface area contributed by atoms with E-state index in [4.69, 9.17) is 5.73 Å². The van der Waals surface area contributed by atoms with E-state index in [1.807, 2.05) is 36.9 Å². The third kappa shape index (κ3) is 8.26. The molecule has 0 spiro atoms. The quantitative estimate of drug-likeness (QED) is 0.576. The number of nitrogens with two attached hydrogens (primary N) is 1. The highest BCUT2D eigenvalue weighted by Gasteiger charge is 2.31. The molecule has 2 atom stereocenters. The van der Waals surface area contributed by atoms with Crippen LogP contribution in [0.15, 0.2) is 18.2 Å². The van der Waals surface area contributed by atoms with Gasteiger partial charge in [0.2, 0.25) is 0 Å². The van der Waals surface area contributed by atoms with Gasteiger partial charge in [0, 0.05) is 55.8 Å². The number of aryl methyl sites for hydroxylation is 1. The van der Waals surface area contributed by atoms with Crippen LogP contribution in [0.1, 0.15) is 27.9 Å². The molecule has 29 heavy (non-hydrogen) atoms. The van der Waals surface area contributed by atoms with Gasteiger partial charge in [-0.1, -0.05) is 12.1 Å². The van der Waals surface area contributed by atoms with E-state index in [0.717, 1.165) is 16.7 Å². The van der Waals surface area contributed by atoms with Crippen LogP contribution in [0.4, 0.5) is 0 Å². The maximum atomic E-state index is 13.1. The SMILES string of the molecule is Cc1cccc(C(=O)N2CCN(C[C@@H](N)CS)[C@@H](CCS(C)(=O)=O)C2)c1C.Cl.Cl. The zero-order valence-corrected chi connectivity index (χ0v) is 20.5. The molecular weight excluding hydrogens is 453 g/mol. The van der Waals surface area contributed by atoms with E-state index in [1.54, 1.807) is 0 Å². The van der Waals surface area contributed by atoms with Crippen molar-refractivity contribution in [3.63, 3.8) is 0 Å². The number of hydrogen-bond donors (Lipinski definition) is 2. The number of carbonyl (C=O) groups excluding carboxylic acids is 1. The Morgan fingerprint density at radius 1 is 1.28 bits per heavy atom. The van der Waals surface area contributed by atoms with Gasteiger partial charge < -0.3 is 10.6 Å². The summed E-state index contributed by atoms with van der Waals surface area (Å²) in [5, 5.41) is 0. The predicted molar refractivity (Wildman–Crippen MR) is 128 cm³/mol. The fraction of sp³-hybridized carbons (Fsp3) is 0.632. The number of rotatable bonds is 7. The van der Waals surface area contributed by atoms with Gasteiger partial charge in [-0.05, 0) is 37.5 Å². The summed E-state index contributed by atoms with van der Waals surface area (Å²) in [5.41, 5.74) is 8.86. The van der Waals surface area contributed by atoms with E-state index in [-0.39, 0.29) is 48.6 Å². The van der Waals surface area contributed by atoms with Gasteiger partial charge in [-0.2, -0.15) is 12.6 Å². The molecule has 168 valence electrons. The second kappa shape index (κ2) is 12.4. The first-order chi connectivity index (χ1) is 12.6. The summed E-state index contributed by atoms with van der Waals surface area (Å²) in [6, 6.07) is 5.67. The largest absolute Gasteiger partial charge is 0.336 e. The van der Waals surface area contributed by atoms with Crippen LogP contribution in [0.3, 0.4) is 0 Å². The lowest BCUT2D eigenvalue weighted by atomic mass is 10.0. The molecule has 0 unspecified atom stereocenters. The number of amides is 1. The van der Waals surface area contributed by atoms with E-state index in [0.29, 0.717) is 38.4 Å². The molecule has 1 amide bonds. The Bertz CT molecular complexity index is 778. The normalized spacial score (nSPS) is 18.5. The summed E-state index contributed by atoms with van der Waals surface area (Å²) in [6.07, 6.45) is 1.74. The molecule has 1 aromatic rings. The maximum Gasteiger partial charge on any atom is 0.254 e. The average Bonchev–Trinajstić information content (AvgIpc) is 2.61. The zero-order chi connectivity index (χ0) is 20.2. The highest BCUT2D eigenvalue weighted by atomic mass is 35.5. The predicted octanol–water partition coefficient (Wildman–Crippen LogP) is 1.97. The molecule has 1 aromatic carbocycles. The van der Waals surface area contributed by atoms with Crippen LogP contribution in [0.25, 0.3) is 0 Å². The minimum absolute atomic E-state index is 0. The summed E-state index contributed by atoms with van der Waals surface area (Å²) >= 11 is 4.25. The van der Waals surface area contributed by atoms with Crippen LogP contribution in [0, 0.1) is 13.8 Å². The van der Waals surface area contributed by atoms with E-state index >= 15 is 0 Å². The highest BCUT2D eigenvalue weighted by molar-refractivity contribution is 7.90. The summed E-state index contributed by atoms with van der Waals surface area (Å²) in [6.45, 7) is 6.43. The fourth-order valence-corrected chi connectivity index (χ4v) is 4.27. The first kappa shape index (κ1) is 28.5. The number of halogens is 2. The molecule has 0 aromatic heterocycles. The molecule has 1 heterocycles. The van der Waals surface area contributed by atoms with Gasteiger partial charge in [0.1, 0.15) is 9.84 Å². The molecule has 2 N–H and O–H groups in total. The third-order valence-corrected chi connectivity index (χ3v) is 6.70. The lowest BCUT2D eigenvalue weighted by Gasteiger charge is -2.42. The van der Waals surface area contributed by atoms with Gasteiger partial charge in [-0.3, -0.25) is 9.69 Å². The molecule has 6 nitrogen and oxygen atoms in total. The minimum Gasteiger partial charge on any atom is -0.336 e. The number of piperazine rings is 1. The smallest absolute Gasteiger partial charge is 0.254 e. The third-order valence-electron chi connectivity index (χ3n) is 5.25. The molecule has 1 saturated heterocycles. The van der Waals surface area contributed by atoms with E-state index < -0.39 is 9.84 Å². The molecule has 2 rings (SSSR count). The number of sulfone groups is 1. The standard InChI is InChI=1S/C19H31N3O3S2.2ClH/c1-14-5-4-6-18(15(14)2)19(23)22-9-8-21(11-16(20)13-26)17(12-22)7-10-27(3,24)25;;/h4-6,16-17,26H,7-13,20H2,1-3H3;2*1H/t16-,17+;;/m1../s1. The Morgan fingerprint density at radius 3 is 2.52 bits per heavy atom. The summed E-state index contributed by atoms with van der Waals surface area (Å²) in [7, 11) is -3.06. The average molecular weight is 487 g/mol. The fourth-order valence-electron chi connectivity index (χ4n) is 3.45. The van der Waals surface area contributed by atoms with Crippen molar-refractivity contribution in [2.24, 2.45) is 5.73 Å². The summed E-state index contributed by atoms with van der Waals surface area (Å²) in [5.74, 6) is 0.689. The molecule has 0 radical (unpaired) electrons.